The van der Waals surface area contributed by atoms with Crippen LogP contribution in [0.5, 0.6) is 0 Å². The molecule has 160 valence electrons. The summed E-state index contributed by atoms with van der Waals surface area (Å²) in [5, 5.41) is 17.1. The van der Waals surface area contributed by atoms with Gasteiger partial charge in [-0.2, -0.15) is 5.10 Å². The van der Waals surface area contributed by atoms with Gasteiger partial charge in [-0.15, -0.1) is 0 Å². The number of benzene rings is 1. The number of aliphatic hydroxyl groups is 1. The van der Waals surface area contributed by atoms with E-state index in [0.717, 1.165) is 0 Å². The van der Waals surface area contributed by atoms with Crippen molar-refractivity contribution in [1.29, 1.82) is 0 Å². The molecule has 31 heavy (non-hydrogen) atoms. The SMILES string of the molecule is CN1CC[C@@](O)(C#Cc2cccc(-n3cc(NC(=O)[C@H]4C[C@@H]4F)c(C(N)=O)n3)c2)C1=O. The maximum absolute atomic E-state index is 13.1. The van der Waals surface area contributed by atoms with E-state index in [-0.39, 0.29) is 24.2 Å². The molecule has 0 unspecified atom stereocenters. The molecule has 1 aliphatic heterocycles. The first-order valence-corrected chi connectivity index (χ1v) is 9.64. The Morgan fingerprint density at radius 3 is 2.77 bits per heavy atom. The molecule has 0 spiro atoms. The summed E-state index contributed by atoms with van der Waals surface area (Å²) >= 11 is 0. The summed E-state index contributed by atoms with van der Waals surface area (Å²) < 4.78 is 14.5. The molecular weight excluding hydrogens is 405 g/mol. The van der Waals surface area contributed by atoms with Crippen LogP contribution in [0.1, 0.15) is 28.9 Å². The second kappa shape index (κ2) is 7.52. The summed E-state index contributed by atoms with van der Waals surface area (Å²) in [7, 11) is 1.60. The number of hydrogen-bond acceptors (Lipinski definition) is 5. The van der Waals surface area contributed by atoms with Crippen molar-refractivity contribution in [3.05, 3.63) is 41.7 Å². The zero-order valence-electron chi connectivity index (χ0n) is 16.6. The van der Waals surface area contributed by atoms with Crippen molar-refractivity contribution in [3.63, 3.8) is 0 Å². The number of primary amides is 1. The standard InChI is InChI=1S/C21H20FN5O4/c1-26-8-7-21(31,20(26)30)6-5-12-3-2-4-13(9-12)27-11-16(17(25-27)18(23)28)24-19(29)14-10-15(14)22/h2-4,9,11,14-15,31H,7-8,10H2,1H3,(H2,23,28)(H,24,29)/t14-,15-,21-/m0/s1. The molecule has 0 radical (unpaired) electrons. The molecule has 10 heteroatoms. The van der Waals surface area contributed by atoms with Crippen LogP contribution < -0.4 is 11.1 Å². The van der Waals surface area contributed by atoms with E-state index < -0.39 is 35.4 Å². The van der Waals surface area contributed by atoms with Gasteiger partial charge in [-0.1, -0.05) is 17.9 Å². The van der Waals surface area contributed by atoms with Gasteiger partial charge >= 0.3 is 0 Å². The van der Waals surface area contributed by atoms with Crippen molar-refractivity contribution in [2.24, 2.45) is 11.7 Å². The maximum Gasteiger partial charge on any atom is 0.271 e. The van der Waals surface area contributed by atoms with Gasteiger partial charge in [-0.3, -0.25) is 14.4 Å². The second-order valence-electron chi connectivity index (χ2n) is 7.68. The number of carbonyl (C=O) groups is 3. The molecule has 2 fully saturated rings. The Kier molecular flexibility index (Phi) is 4.99. The van der Waals surface area contributed by atoms with E-state index >= 15 is 0 Å². The summed E-state index contributed by atoms with van der Waals surface area (Å²) in [6.45, 7) is 0.422. The number of likely N-dealkylation sites (N-methyl/N-ethyl adjacent to an activating group) is 1. The fourth-order valence-electron chi connectivity index (χ4n) is 3.31. The summed E-state index contributed by atoms with van der Waals surface area (Å²) in [5.41, 5.74) is 4.58. The Morgan fingerprint density at radius 2 is 2.16 bits per heavy atom. The van der Waals surface area contributed by atoms with Crippen LogP contribution in [0.15, 0.2) is 30.5 Å². The quantitative estimate of drug-likeness (QED) is 0.603. The number of alkyl halides is 1. The fraction of sp³-hybridized carbons (Fsp3) is 0.333. The molecule has 1 aromatic heterocycles. The number of aromatic nitrogens is 2. The molecule has 1 saturated carbocycles. The summed E-state index contributed by atoms with van der Waals surface area (Å²) in [6.07, 6.45) is 0.601. The lowest BCUT2D eigenvalue weighted by atomic mass is 10.0. The highest BCUT2D eigenvalue weighted by Crippen LogP contribution is 2.35. The lowest BCUT2D eigenvalue weighted by molar-refractivity contribution is -0.137. The minimum atomic E-state index is -1.72. The van der Waals surface area contributed by atoms with Crippen LogP contribution in [-0.4, -0.2) is 62.9 Å². The van der Waals surface area contributed by atoms with Crippen LogP contribution in [0.4, 0.5) is 10.1 Å². The van der Waals surface area contributed by atoms with E-state index in [1.165, 1.54) is 15.8 Å². The smallest absolute Gasteiger partial charge is 0.271 e. The summed E-state index contributed by atoms with van der Waals surface area (Å²) in [4.78, 5) is 37.3. The maximum atomic E-state index is 13.1. The molecule has 1 saturated heterocycles. The number of rotatable bonds is 4. The lowest BCUT2D eigenvalue weighted by Crippen LogP contribution is -2.37. The molecule has 2 heterocycles. The van der Waals surface area contributed by atoms with Gasteiger partial charge in [0.05, 0.1) is 23.5 Å². The Balaban J connectivity index is 1.60. The minimum Gasteiger partial charge on any atom is -0.369 e. The molecule has 3 amide bonds. The Labute approximate surface area is 177 Å². The van der Waals surface area contributed by atoms with Gasteiger partial charge in [0.2, 0.25) is 11.5 Å². The fourth-order valence-corrected chi connectivity index (χ4v) is 3.31. The zero-order valence-corrected chi connectivity index (χ0v) is 16.6. The number of anilines is 1. The monoisotopic (exact) mass is 425 g/mol. The third-order valence-electron chi connectivity index (χ3n) is 5.29. The number of likely N-dealkylation sites (tertiary alicyclic amines) is 1. The topological polar surface area (TPSA) is 131 Å². The molecule has 4 N–H and O–H groups in total. The van der Waals surface area contributed by atoms with Crippen molar-refractivity contribution >= 4 is 23.4 Å². The second-order valence-corrected chi connectivity index (χ2v) is 7.68. The van der Waals surface area contributed by atoms with Gasteiger partial charge in [0.15, 0.2) is 5.69 Å². The molecule has 2 aliphatic rings. The molecule has 4 rings (SSSR count). The largest absolute Gasteiger partial charge is 0.369 e. The van der Waals surface area contributed by atoms with Gasteiger partial charge in [-0.05, 0) is 24.6 Å². The first kappa shape index (κ1) is 20.6. The van der Waals surface area contributed by atoms with Gasteiger partial charge < -0.3 is 21.1 Å². The summed E-state index contributed by atoms with van der Waals surface area (Å²) in [6, 6.07) is 6.71. The minimum absolute atomic E-state index is 0.0852. The average Bonchev–Trinajstić information content (AvgIpc) is 3.23. The van der Waals surface area contributed by atoms with E-state index in [2.05, 4.69) is 22.3 Å². The average molecular weight is 425 g/mol. The highest BCUT2D eigenvalue weighted by molar-refractivity contribution is 6.02. The Hall–Kier alpha value is -3.71. The number of halogens is 1. The van der Waals surface area contributed by atoms with Crippen molar-refractivity contribution in [3.8, 4) is 17.5 Å². The highest BCUT2D eigenvalue weighted by Gasteiger charge is 2.44. The van der Waals surface area contributed by atoms with Crippen molar-refractivity contribution in [2.45, 2.75) is 24.6 Å². The highest BCUT2D eigenvalue weighted by atomic mass is 19.1. The van der Waals surface area contributed by atoms with Crippen LogP contribution in [0.25, 0.3) is 5.69 Å². The number of hydrogen-bond donors (Lipinski definition) is 3. The van der Waals surface area contributed by atoms with Gasteiger partial charge in [-0.25, -0.2) is 9.07 Å². The van der Waals surface area contributed by atoms with Crippen LogP contribution >= 0.6 is 0 Å². The molecule has 9 nitrogen and oxygen atoms in total. The number of amides is 3. The Bertz CT molecular complexity index is 1150. The Morgan fingerprint density at radius 1 is 1.42 bits per heavy atom. The van der Waals surface area contributed by atoms with E-state index in [9.17, 15) is 23.9 Å². The first-order valence-electron chi connectivity index (χ1n) is 9.64. The third kappa shape index (κ3) is 4.00. The van der Waals surface area contributed by atoms with E-state index in [1.807, 2.05) is 0 Å². The van der Waals surface area contributed by atoms with E-state index in [0.29, 0.717) is 17.8 Å². The van der Waals surface area contributed by atoms with Crippen molar-refractivity contribution in [2.75, 3.05) is 18.9 Å². The number of carbonyl (C=O) groups excluding carboxylic acids is 3. The van der Waals surface area contributed by atoms with Crippen LogP contribution in [0.3, 0.4) is 0 Å². The number of nitrogens with zero attached hydrogens (tertiary/aromatic N) is 3. The molecule has 0 bridgehead atoms. The third-order valence-corrected chi connectivity index (χ3v) is 5.29. The lowest BCUT2D eigenvalue weighted by Gasteiger charge is -2.13. The van der Waals surface area contributed by atoms with E-state index in [1.54, 1.807) is 31.3 Å². The zero-order chi connectivity index (χ0) is 22.3. The number of nitrogens with one attached hydrogen (secondary N) is 1. The molecule has 3 atom stereocenters. The van der Waals surface area contributed by atoms with Gasteiger partial charge in [0, 0.05) is 25.6 Å². The van der Waals surface area contributed by atoms with Gasteiger partial charge in [0.25, 0.3) is 11.8 Å². The number of nitrogens with two attached hydrogens (primary N) is 1. The van der Waals surface area contributed by atoms with Crippen LogP contribution in [0, 0.1) is 17.8 Å². The van der Waals surface area contributed by atoms with Crippen LogP contribution in [-0.2, 0) is 9.59 Å². The predicted octanol–water partition coefficient (Wildman–Crippen LogP) is 0.212. The molecule has 1 aliphatic carbocycles. The normalized spacial score (nSPS) is 24.5. The molecule has 1 aromatic carbocycles. The van der Waals surface area contributed by atoms with Crippen LogP contribution in [0.2, 0.25) is 0 Å². The van der Waals surface area contributed by atoms with Gasteiger partial charge in [0.1, 0.15) is 6.17 Å². The molecule has 2 aromatic rings. The predicted molar refractivity (Wildman–Crippen MR) is 108 cm³/mol. The first-order chi connectivity index (χ1) is 14.7. The molecular formula is C21H20FN5O4. The van der Waals surface area contributed by atoms with E-state index in [4.69, 9.17) is 5.73 Å². The van der Waals surface area contributed by atoms with Crippen molar-refractivity contribution in [1.82, 2.24) is 14.7 Å². The summed E-state index contributed by atoms with van der Waals surface area (Å²) in [5.74, 6) is 2.88. The van der Waals surface area contributed by atoms with Crippen molar-refractivity contribution < 1.29 is 23.9 Å².